The van der Waals surface area contributed by atoms with Gasteiger partial charge in [-0.25, -0.2) is 4.79 Å². The molecule has 4 nitrogen and oxygen atoms in total. The van der Waals surface area contributed by atoms with Crippen LogP contribution in [0.5, 0.6) is 0 Å². The molecule has 0 spiro atoms. The van der Waals surface area contributed by atoms with E-state index < -0.39 is 5.97 Å². The minimum absolute atomic E-state index is 0.0327. The predicted octanol–water partition coefficient (Wildman–Crippen LogP) is 1.07. The number of nitrogens with zero attached hydrogens (tertiary/aromatic N) is 2. The number of carboxylic acids is 1. The topological polar surface area (TPSA) is 63.1 Å². The van der Waals surface area contributed by atoms with E-state index in [1.54, 1.807) is 6.07 Å². The van der Waals surface area contributed by atoms with Crippen LogP contribution in [0.3, 0.4) is 0 Å². The number of halogens is 1. The molecule has 0 radical (unpaired) electrons. The Morgan fingerprint density at radius 2 is 2.27 bits per heavy atom. The average Bonchev–Trinajstić information content (AvgIpc) is 2.05. The second-order valence-electron chi connectivity index (χ2n) is 1.85. The lowest BCUT2D eigenvalue weighted by atomic mass is 10.3. The first-order valence-corrected chi connectivity index (χ1v) is 3.98. The van der Waals surface area contributed by atoms with E-state index in [0.29, 0.717) is 5.33 Å². The Labute approximate surface area is 71.4 Å². The molecule has 1 aromatic rings. The maximum atomic E-state index is 10.3. The molecule has 0 saturated carbocycles. The summed E-state index contributed by atoms with van der Waals surface area (Å²) in [5, 5.41) is 16.1. The van der Waals surface area contributed by atoms with Gasteiger partial charge in [-0.3, -0.25) is 0 Å². The fourth-order valence-corrected chi connectivity index (χ4v) is 0.844. The number of carbonyl (C=O) groups is 1. The first-order chi connectivity index (χ1) is 5.24. The predicted molar refractivity (Wildman–Crippen MR) is 41.6 cm³/mol. The molecule has 1 aromatic heterocycles. The third kappa shape index (κ3) is 1.98. The van der Waals surface area contributed by atoms with Crippen molar-refractivity contribution >= 4 is 21.9 Å². The molecular weight excluding hydrogens is 212 g/mol. The number of hydrogen-bond donors (Lipinski definition) is 1. The SMILES string of the molecule is O=C(O)c1ccc(CBr)nn1. The number of aromatic carboxylic acids is 1. The zero-order valence-electron chi connectivity index (χ0n) is 5.49. The van der Waals surface area contributed by atoms with Crippen LogP contribution in [-0.2, 0) is 5.33 Å². The number of hydrogen-bond acceptors (Lipinski definition) is 3. The molecule has 58 valence electrons. The molecule has 1 rings (SSSR count). The van der Waals surface area contributed by atoms with Gasteiger partial charge in [0.05, 0.1) is 5.69 Å². The van der Waals surface area contributed by atoms with Crippen molar-refractivity contribution in [1.29, 1.82) is 0 Å². The minimum Gasteiger partial charge on any atom is -0.476 e. The fraction of sp³-hybridized carbons (Fsp3) is 0.167. The summed E-state index contributed by atoms with van der Waals surface area (Å²) in [5.41, 5.74) is 0.685. The quantitative estimate of drug-likeness (QED) is 0.752. The van der Waals surface area contributed by atoms with E-state index in [1.807, 2.05) is 0 Å². The molecule has 0 aliphatic heterocycles. The smallest absolute Gasteiger partial charge is 0.356 e. The van der Waals surface area contributed by atoms with E-state index in [2.05, 4.69) is 26.1 Å². The van der Waals surface area contributed by atoms with Gasteiger partial charge in [0, 0.05) is 5.33 Å². The van der Waals surface area contributed by atoms with Gasteiger partial charge in [0.25, 0.3) is 0 Å². The lowest BCUT2D eigenvalue weighted by Gasteiger charge is -1.92. The van der Waals surface area contributed by atoms with E-state index in [4.69, 9.17) is 5.11 Å². The zero-order valence-corrected chi connectivity index (χ0v) is 7.08. The molecule has 0 aliphatic carbocycles. The van der Waals surface area contributed by atoms with Crippen LogP contribution in [0, 0.1) is 0 Å². The molecule has 0 bridgehead atoms. The van der Waals surface area contributed by atoms with Gasteiger partial charge in [-0.15, -0.1) is 5.10 Å². The molecule has 0 aliphatic rings. The van der Waals surface area contributed by atoms with Gasteiger partial charge >= 0.3 is 5.97 Å². The van der Waals surface area contributed by atoms with Crippen LogP contribution in [0.25, 0.3) is 0 Å². The highest BCUT2D eigenvalue weighted by Gasteiger charge is 2.03. The summed E-state index contributed by atoms with van der Waals surface area (Å²) in [7, 11) is 0. The first kappa shape index (κ1) is 8.13. The summed E-state index contributed by atoms with van der Waals surface area (Å²) < 4.78 is 0. The summed E-state index contributed by atoms with van der Waals surface area (Å²) in [6.45, 7) is 0. The third-order valence-corrected chi connectivity index (χ3v) is 1.65. The van der Waals surface area contributed by atoms with Crippen molar-refractivity contribution in [3.63, 3.8) is 0 Å². The molecule has 0 saturated heterocycles. The summed E-state index contributed by atoms with van der Waals surface area (Å²) >= 11 is 3.17. The summed E-state index contributed by atoms with van der Waals surface area (Å²) in [5.74, 6) is -1.06. The number of carboxylic acid groups (broad SMARTS) is 1. The molecule has 0 amide bonds. The molecule has 1 heterocycles. The summed E-state index contributed by atoms with van der Waals surface area (Å²) in [6, 6.07) is 3.04. The third-order valence-electron chi connectivity index (χ3n) is 1.08. The van der Waals surface area contributed by atoms with Gasteiger partial charge in [0.1, 0.15) is 0 Å². The first-order valence-electron chi connectivity index (χ1n) is 2.86. The van der Waals surface area contributed by atoms with Crippen molar-refractivity contribution in [1.82, 2.24) is 10.2 Å². The number of aromatic nitrogens is 2. The largest absolute Gasteiger partial charge is 0.476 e. The molecule has 5 heteroatoms. The Bertz CT molecular complexity index is 260. The van der Waals surface area contributed by atoms with Crippen molar-refractivity contribution in [3.05, 3.63) is 23.5 Å². The van der Waals surface area contributed by atoms with E-state index in [1.165, 1.54) is 6.07 Å². The maximum absolute atomic E-state index is 10.3. The highest BCUT2D eigenvalue weighted by Crippen LogP contribution is 2.00. The van der Waals surface area contributed by atoms with Gasteiger partial charge in [-0.05, 0) is 12.1 Å². The fourth-order valence-electron chi connectivity index (χ4n) is 0.545. The van der Waals surface area contributed by atoms with Crippen LogP contribution < -0.4 is 0 Å². The van der Waals surface area contributed by atoms with Crippen molar-refractivity contribution in [2.24, 2.45) is 0 Å². The summed E-state index contributed by atoms with van der Waals surface area (Å²) in [6.07, 6.45) is 0. The Balaban J connectivity index is 2.91. The van der Waals surface area contributed by atoms with Gasteiger partial charge in [-0.2, -0.15) is 5.10 Å². The van der Waals surface area contributed by atoms with Gasteiger partial charge in [0.15, 0.2) is 5.69 Å². The Morgan fingerprint density at radius 3 is 2.64 bits per heavy atom. The standard InChI is InChI=1S/C6H5BrN2O2/c7-3-4-1-2-5(6(10)11)9-8-4/h1-2H,3H2,(H,10,11). The van der Waals surface area contributed by atoms with Gasteiger partial charge < -0.3 is 5.11 Å². The molecular formula is C6H5BrN2O2. The second-order valence-corrected chi connectivity index (χ2v) is 2.41. The normalized spacial score (nSPS) is 9.55. The molecule has 0 aromatic carbocycles. The number of alkyl halides is 1. The van der Waals surface area contributed by atoms with E-state index in [0.717, 1.165) is 5.69 Å². The lowest BCUT2D eigenvalue weighted by Crippen LogP contribution is -2.02. The molecule has 1 N–H and O–H groups in total. The minimum atomic E-state index is -1.06. The average molecular weight is 217 g/mol. The van der Waals surface area contributed by atoms with Crippen LogP contribution in [0.2, 0.25) is 0 Å². The Kier molecular flexibility index (Phi) is 2.53. The molecule has 11 heavy (non-hydrogen) atoms. The maximum Gasteiger partial charge on any atom is 0.356 e. The molecule has 0 atom stereocenters. The van der Waals surface area contributed by atoms with Crippen LogP contribution in [0.4, 0.5) is 0 Å². The van der Waals surface area contributed by atoms with Gasteiger partial charge in [-0.1, -0.05) is 15.9 Å². The lowest BCUT2D eigenvalue weighted by molar-refractivity contribution is 0.0689. The van der Waals surface area contributed by atoms with Crippen molar-refractivity contribution in [3.8, 4) is 0 Å². The number of rotatable bonds is 2. The van der Waals surface area contributed by atoms with Crippen LogP contribution in [0.15, 0.2) is 12.1 Å². The van der Waals surface area contributed by atoms with Crippen molar-refractivity contribution in [2.45, 2.75) is 5.33 Å². The van der Waals surface area contributed by atoms with E-state index in [9.17, 15) is 4.79 Å². The zero-order chi connectivity index (χ0) is 8.27. The molecule has 0 unspecified atom stereocenters. The van der Waals surface area contributed by atoms with E-state index >= 15 is 0 Å². The van der Waals surface area contributed by atoms with Gasteiger partial charge in [0.2, 0.25) is 0 Å². The van der Waals surface area contributed by atoms with Crippen LogP contribution in [-0.4, -0.2) is 21.3 Å². The molecule has 0 fully saturated rings. The van der Waals surface area contributed by atoms with Crippen LogP contribution in [0.1, 0.15) is 16.2 Å². The highest BCUT2D eigenvalue weighted by molar-refractivity contribution is 9.08. The highest BCUT2D eigenvalue weighted by atomic mass is 79.9. The second kappa shape index (κ2) is 3.43. The Morgan fingerprint density at radius 1 is 1.55 bits per heavy atom. The van der Waals surface area contributed by atoms with Crippen molar-refractivity contribution < 1.29 is 9.90 Å². The van der Waals surface area contributed by atoms with Crippen LogP contribution >= 0.6 is 15.9 Å². The summed E-state index contributed by atoms with van der Waals surface area (Å²) in [4.78, 5) is 10.3. The van der Waals surface area contributed by atoms with E-state index in [-0.39, 0.29) is 5.69 Å². The van der Waals surface area contributed by atoms with Crippen molar-refractivity contribution in [2.75, 3.05) is 0 Å². The monoisotopic (exact) mass is 216 g/mol. The Hall–Kier alpha value is -0.970.